The van der Waals surface area contributed by atoms with Crippen LogP contribution in [0.2, 0.25) is 0 Å². The molecule has 1 N–H and O–H groups in total. The fourth-order valence-electron chi connectivity index (χ4n) is 0.867. The van der Waals surface area contributed by atoms with E-state index in [2.05, 4.69) is 14.7 Å². The van der Waals surface area contributed by atoms with Gasteiger partial charge in [-0.05, 0) is 13.3 Å². The number of rotatable bonds is 3. The second kappa shape index (κ2) is 3.10. The number of hydrogen-bond acceptors (Lipinski definition) is 4. The molecular weight excluding hydrogens is 160 g/mol. The van der Waals surface area contributed by atoms with Gasteiger partial charge in [-0.1, -0.05) is 12.1 Å². The van der Waals surface area contributed by atoms with E-state index in [0.29, 0.717) is 12.2 Å². The number of nitrogens with one attached hydrogen (secondary N) is 1. The summed E-state index contributed by atoms with van der Waals surface area (Å²) < 4.78 is 9.57. The first kappa shape index (κ1) is 8.99. The fraction of sp³-hybridized carbons (Fsp3) is 0.714. The lowest BCUT2D eigenvalue weighted by Gasteiger charge is -2.22. The first-order chi connectivity index (χ1) is 5.62. The predicted octanol–water partition coefficient (Wildman–Crippen LogP) is 0.634. The Morgan fingerprint density at radius 3 is 2.75 bits per heavy atom. The molecule has 0 aliphatic heterocycles. The average Bonchev–Trinajstić information content (AvgIpc) is 2.51. The number of nitrogens with zero attached hydrogens (tertiary/aromatic N) is 1. The van der Waals surface area contributed by atoms with Gasteiger partial charge in [0.1, 0.15) is 5.60 Å². The normalized spacial score (nSPS) is 15.9. The Balaban J connectivity index is 3.02. The van der Waals surface area contributed by atoms with Gasteiger partial charge in [0.15, 0.2) is 5.82 Å². The summed E-state index contributed by atoms with van der Waals surface area (Å²) in [5.41, 5.74) is -0.563. The molecule has 1 heterocycles. The summed E-state index contributed by atoms with van der Waals surface area (Å²) in [7, 11) is 1.57. The van der Waals surface area contributed by atoms with Crippen molar-refractivity contribution in [2.24, 2.45) is 0 Å². The van der Waals surface area contributed by atoms with E-state index in [1.54, 1.807) is 7.11 Å². The first-order valence-electron chi connectivity index (χ1n) is 3.74. The Labute approximate surface area is 69.7 Å². The second-order valence-electron chi connectivity index (χ2n) is 2.73. The van der Waals surface area contributed by atoms with Crippen molar-refractivity contribution < 1.29 is 9.26 Å². The summed E-state index contributed by atoms with van der Waals surface area (Å²) in [5, 5.41) is 3.56. The van der Waals surface area contributed by atoms with Crippen molar-refractivity contribution in [3.63, 3.8) is 0 Å². The molecule has 1 unspecified atom stereocenters. The number of H-pyrrole nitrogens is 1. The van der Waals surface area contributed by atoms with Crippen molar-refractivity contribution in [1.29, 1.82) is 0 Å². The Morgan fingerprint density at radius 1 is 1.75 bits per heavy atom. The molecule has 0 bridgehead atoms. The number of ether oxygens (including phenoxy) is 1. The first-order valence-corrected chi connectivity index (χ1v) is 3.74. The van der Waals surface area contributed by atoms with Crippen LogP contribution in [0, 0.1) is 0 Å². The maximum absolute atomic E-state index is 10.6. The van der Waals surface area contributed by atoms with Crippen LogP contribution in [0.5, 0.6) is 0 Å². The summed E-state index contributed by atoms with van der Waals surface area (Å²) >= 11 is 0. The summed E-state index contributed by atoms with van der Waals surface area (Å²) in [6.45, 7) is 3.78. The van der Waals surface area contributed by atoms with Crippen LogP contribution in [0.3, 0.4) is 0 Å². The lowest BCUT2D eigenvalue weighted by molar-refractivity contribution is -0.0106. The molecule has 0 aromatic carbocycles. The van der Waals surface area contributed by atoms with Crippen molar-refractivity contribution in [1.82, 2.24) is 10.1 Å². The molecule has 1 aromatic rings. The molecule has 5 heteroatoms. The fourth-order valence-corrected chi connectivity index (χ4v) is 0.867. The van der Waals surface area contributed by atoms with E-state index in [4.69, 9.17) is 4.74 Å². The minimum Gasteiger partial charge on any atom is -0.370 e. The molecule has 0 spiro atoms. The van der Waals surface area contributed by atoms with Crippen LogP contribution in [0.4, 0.5) is 0 Å². The SMILES string of the molecule is CCC(C)(OC)c1noc(=O)[nH]1. The summed E-state index contributed by atoms with van der Waals surface area (Å²) in [6, 6.07) is 0. The number of hydrogen-bond donors (Lipinski definition) is 1. The molecule has 0 aliphatic carbocycles. The van der Waals surface area contributed by atoms with Gasteiger partial charge in [0.2, 0.25) is 0 Å². The van der Waals surface area contributed by atoms with Gasteiger partial charge in [-0.25, -0.2) is 4.79 Å². The summed E-state index contributed by atoms with van der Waals surface area (Å²) in [4.78, 5) is 13.1. The van der Waals surface area contributed by atoms with Crippen LogP contribution < -0.4 is 5.76 Å². The Hall–Kier alpha value is -1.10. The van der Waals surface area contributed by atoms with E-state index in [-0.39, 0.29) is 0 Å². The van der Waals surface area contributed by atoms with Gasteiger partial charge in [0.25, 0.3) is 0 Å². The largest absolute Gasteiger partial charge is 0.439 e. The van der Waals surface area contributed by atoms with Crippen LogP contribution in [0.25, 0.3) is 0 Å². The molecule has 5 nitrogen and oxygen atoms in total. The third kappa shape index (κ3) is 1.40. The molecule has 0 saturated carbocycles. The van der Waals surface area contributed by atoms with E-state index in [1.807, 2.05) is 13.8 Å². The lowest BCUT2D eigenvalue weighted by Crippen LogP contribution is -2.25. The predicted molar refractivity (Wildman–Crippen MR) is 41.8 cm³/mol. The topological polar surface area (TPSA) is 68.1 Å². The quantitative estimate of drug-likeness (QED) is 0.726. The van der Waals surface area contributed by atoms with Crippen molar-refractivity contribution in [3.8, 4) is 0 Å². The van der Waals surface area contributed by atoms with Gasteiger partial charge in [-0.15, -0.1) is 0 Å². The molecule has 0 amide bonds. The maximum atomic E-state index is 10.6. The van der Waals surface area contributed by atoms with E-state index < -0.39 is 11.4 Å². The zero-order chi connectivity index (χ0) is 9.19. The van der Waals surface area contributed by atoms with E-state index >= 15 is 0 Å². The van der Waals surface area contributed by atoms with Crippen LogP contribution in [-0.2, 0) is 10.3 Å². The third-order valence-corrected chi connectivity index (χ3v) is 2.07. The number of aromatic nitrogens is 2. The molecule has 1 atom stereocenters. The van der Waals surface area contributed by atoms with E-state index in [1.165, 1.54) is 0 Å². The van der Waals surface area contributed by atoms with Crippen LogP contribution in [0.1, 0.15) is 26.1 Å². The molecule has 1 rings (SSSR count). The average molecular weight is 172 g/mol. The summed E-state index contributed by atoms with van der Waals surface area (Å²) in [5.74, 6) is -0.126. The molecule has 0 radical (unpaired) electrons. The molecule has 0 aliphatic rings. The zero-order valence-electron chi connectivity index (χ0n) is 7.38. The highest BCUT2D eigenvalue weighted by molar-refractivity contribution is 4.95. The highest BCUT2D eigenvalue weighted by Crippen LogP contribution is 2.23. The standard InChI is InChI=1S/C7H12N2O3/c1-4-7(2,11-3)5-8-6(10)12-9-5/h4H2,1-3H3,(H,8,9,10). The van der Waals surface area contributed by atoms with Gasteiger partial charge in [-0.3, -0.25) is 9.51 Å². The number of methoxy groups -OCH3 is 1. The minimum atomic E-state index is -0.563. The van der Waals surface area contributed by atoms with Gasteiger partial charge in [-0.2, -0.15) is 0 Å². The third-order valence-electron chi connectivity index (χ3n) is 2.07. The Bertz CT molecular complexity index is 298. The van der Waals surface area contributed by atoms with Gasteiger partial charge in [0.05, 0.1) is 0 Å². The molecular formula is C7H12N2O3. The van der Waals surface area contributed by atoms with Crippen molar-refractivity contribution in [2.45, 2.75) is 25.9 Å². The minimum absolute atomic E-state index is 0.428. The van der Waals surface area contributed by atoms with E-state index in [0.717, 1.165) is 0 Å². The lowest BCUT2D eigenvalue weighted by atomic mass is 10.0. The van der Waals surface area contributed by atoms with Crippen LogP contribution in [-0.4, -0.2) is 17.3 Å². The molecule has 1 aromatic heterocycles. The van der Waals surface area contributed by atoms with Crippen molar-refractivity contribution >= 4 is 0 Å². The highest BCUT2D eigenvalue weighted by atomic mass is 16.5. The van der Waals surface area contributed by atoms with Gasteiger partial charge >= 0.3 is 5.76 Å². The maximum Gasteiger partial charge on any atom is 0.439 e. The van der Waals surface area contributed by atoms with Gasteiger partial charge in [0, 0.05) is 7.11 Å². The monoisotopic (exact) mass is 172 g/mol. The molecule has 12 heavy (non-hydrogen) atoms. The van der Waals surface area contributed by atoms with E-state index in [9.17, 15) is 4.79 Å². The highest BCUT2D eigenvalue weighted by Gasteiger charge is 2.28. The van der Waals surface area contributed by atoms with Crippen LogP contribution >= 0.6 is 0 Å². The smallest absolute Gasteiger partial charge is 0.370 e. The van der Waals surface area contributed by atoms with Crippen molar-refractivity contribution in [3.05, 3.63) is 16.4 Å². The Kier molecular flexibility index (Phi) is 2.32. The Morgan fingerprint density at radius 2 is 2.42 bits per heavy atom. The number of aromatic amines is 1. The van der Waals surface area contributed by atoms with Gasteiger partial charge < -0.3 is 4.74 Å². The van der Waals surface area contributed by atoms with Crippen LogP contribution in [0.15, 0.2) is 9.32 Å². The molecule has 0 saturated heterocycles. The summed E-state index contributed by atoms with van der Waals surface area (Å²) in [6.07, 6.45) is 0.714. The van der Waals surface area contributed by atoms with Crippen molar-refractivity contribution in [2.75, 3.05) is 7.11 Å². The molecule has 68 valence electrons. The molecule has 0 fully saturated rings. The second-order valence-corrected chi connectivity index (χ2v) is 2.73. The zero-order valence-corrected chi connectivity index (χ0v) is 7.38.